The van der Waals surface area contributed by atoms with Gasteiger partial charge in [0.25, 0.3) is 11.5 Å². The number of hydrogen-bond donors (Lipinski definition) is 3. The third-order valence-electron chi connectivity index (χ3n) is 2.22. The molecule has 16 heavy (non-hydrogen) atoms. The van der Waals surface area contributed by atoms with Crippen molar-refractivity contribution in [2.75, 3.05) is 6.61 Å². The molecule has 6 heteroatoms. The van der Waals surface area contributed by atoms with Crippen molar-refractivity contribution < 1.29 is 9.90 Å². The minimum atomic E-state index is -0.413. The smallest absolute Gasteiger partial charge is 0.271 e. The Morgan fingerprint density at radius 1 is 1.62 bits per heavy atom. The normalized spacial score (nSPS) is 12.5. The van der Waals surface area contributed by atoms with Crippen LogP contribution in [0.3, 0.4) is 0 Å². The molecular formula is C10H15N3O3. The molecule has 0 saturated heterocycles. The van der Waals surface area contributed by atoms with Gasteiger partial charge in [0.15, 0.2) is 0 Å². The van der Waals surface area contributed by atoms with Crippen LogP contribution >= 0.6 is 0 Å². The highest BCUT2D eigenvalue weighted by Crippen LogP contribution is 2.01. The maximum absolute atomic E-state index is 11.6. The fraction of sp³-hybridized carbons (Fsp3) is 0.500. The number of aromatic amines is 1. The second-order valence-corrected chi connectivity index (χ2v) is 3.80. The molecule has 0 aliphatic heterocycles. The number of amides is 1. The predicted octanol–water partition coefficient (Wildman–Crippen LogP) is -0.483. The molecule has 1 atom stereocenters. The van der Waals surface area contributed by atoms with Crippen LogP contribution in [0.25, 0.3) is 0 Å². The van der Waals surface area contributed by atoms with E-state index in [2.05, 4.69) is 15.3 Å². The number of aliphatic hydroxyl groups excluding tert-OH is 1. The zero-order valence-electron chi connectivity index (χ0n) is 9.23. The Morgan fingerprint density at radius 3 is 2.75 bits per heavy atom. The first-order valence-electron chi connectivity index (χ1n) is 5.01. The van der Waals surface area contributed by atoms with Crippen LogP contribution < -0.4 is 10.9 Å². The summed E-state index contributed by atoms with van der Waals surface area (Å²) in [5.41, 5.74) is -0.238. The molecule has 3 N–H and O–H groups in total. The molecule has 88 valence electrons. The first-order valence-corrected chi connectivity index (χ1v) is 5.01. The van der Waals surface area contributed by atoms with Crippen LogP contribution in [0, 0.1) is 5.92 Å². The summed E-state index contributed by atoms with van der Waals surface area (Å²) < 4.78 is 0. The molecule has 1 amide bonds. The van der Waals surface area contributed by atoms with Gasteiger partial charge in [-0.3, -0.25) is 9.59 Å². The summed E-state index contributed by atoms with van der Waals surface area (Å²) in [6.07, 6.45) is 2.28. The van der Waals surface area contributed by atoms with Gasteiger partial charge < -0.3 is 15.4 Å². The number of hydrogen-bond acceptors (Lipinski definition) is 4. The lowest BCUT2D eigenvalue weighted by Gasteiger charge is -2.19. The van der Waals surface area contributed by atoms with E-state index in [1.54, 1.807) is 0 Å². The largest absolute Gasteiger partial charge is 0.394 e. The maximum Gasteiger partial charge on any atom is 0.271 e. The third kappa shape index (κ3) is 3.16. The van der Waals surface area contributed by atoms with Gasteiger partial charge in [0.05, 0.1) is 18.8 Å². The molecule has 0 saturated carbocycles. The van der Waals surface area contributed by atoms with Gasteiger partial charge >= 0.3 is 0 Å². The summed E-state index contributed by atoms with van der Waals surface area (Å²) >= 11 is 0. The number of H-pyrrole nitrogens is 1. The van der Waals surface area contributed by atoms with Crippen molar-refractivity contribution in [3.8, 4) is 0 Å². The van der Waals surface area contributed by atoms with Gasteiger partial charge in [-0.15, -0.1) is 0 Å². The molecule has 1 aromatic rings. The van der Waals surface area contributed by atoms with E-state index in [0.29, 0.717) is 0 Å². The van der Waals surface area contributed by atoms with E-state index in [1.807, 2.05) is 13.8 Å². The van der Waals surface area contributed by atoms with Gasteiger partial charge in [0.2, 0.25) is 0 Å². The molecule has 0 aliphatic rings. The minimum absolute atomic E-state index is 0.122. The van der Waals surface area contributed by atoms with Crippen LogP contribution in [-0.2, 0) is 0 Å². The lowest BCUT2D eigenvalue weighted by molar-refractivity contribution is 0.0891. The second-order valence-electron chi connectivity index (χ2n) is 3.80. The van der Waals surface area contributed by atoms with E-state index in [-0.39, 0.29) is 29.8 Å². The highest BCUT2D eigenvalue weighted by atomic mass is 16.3. The average Bonchev–Trinajstić information content (AvgIpc) is 2.26. The molecule has 0 aliphatic carbocycles. The van der Waals surface area contributed by atoms with Crippen molar-refractivity contribution >= 4 is 5.91 Å². The van der Waals surface area contributed by atoms with Crippen LogP contribution in [0.1, 0.15) is 24.3 Å². The molecule has 0 aromatic carbocycles. The van der Waals surface area contributed by atoms with Crippen LogP contribution in [0.15, 0.2) is 17.2 Å². The number of carbonyl (C=O) groups is 1. The van der Waals surface area contributed by atoms with E-state index in [9.17, 15) is 9.59 Å². The molecule has 0 spiro atoms. The first-order chi connectivity index (χ1) is 7.54. The third-order valence-corrected chi connectivity index (χ3v) is 2.22. The number of aromatic nitrogens is 2. The Labute approximate surface area is 92.7 Å². The number of nitrogens with one attached hydrogen (secondary N) is 2. The van der Waals surface area contributed by atoms with Crippen molar-refractivity contribution in [1.29, 1.82) is 0 Å². The Hall–Kier alpha value is -1.69. The van der Waals surface area contributed by atoms with Crippen LogP contribution in [-0.4, -0.2) is 33.6 Å². The molecule has 0 fully saturated rings. The molecule has 1 heterocycles. The molecule has 1 aromatic heterocycles. The summed E-state index contributed by atoms with van der Waals surface area (Å²) in [5.74, 6) is -0.291. The van der Waals surface area contributed by atoms with E-state index in [4.69, 9.17) is 5.11 Å². The van der Waals surface area contributed by atoms with E-state index in [0.717, 1.165) is 6.20 Å². The van der Waals surface area contributed by atoms with E-state index in [1.165, 1.54) is 6.20 Å². The Bertz CT molecular complexity index is 394. The predicted molar refractivity (Wildman–Crippen MR) is 58.0 cm³/mol. The second kappa shape index (κ2) is 5.41. The van der Waals surface area contributed by atoms with Gasteiger partial charge in [-0.2, -0.15) is 0 Å². The van der Waals surface area contributed by atoms with Crippen LogP contribution in [0.2, 0.25) is 0 Å². The molecule has 0 unspecified atom stereocenters. The molecule has 1 rings (SSSR count). The van der Waals surface area contributed by atoms with Crippen molar-refractivity contribution in [3.63, 3.8) is 0 Å². The lowest BCUT2D eigenvalue weighted by Crippen LogP contribution is -2.41. The fourth-order valence-corrected chi connectivity index (χ4v) is 1.13. The molecule has 0 bridgehead atoms. The summed E-state index contributed by atoms with van der Waals surface area (Å²) in [5, 5.41) is 11.7. The lowest BCUT2D eigenvalue weighted by atomic mass is 10.1. The maximum atomic E-state index is 11.6. The summed E-state index contributed by atoms with van der Waals surface area (Å²) in [6, 6.07) is -0.318. The van der Waals surface area contributed by atoms with Crippen LogP contribution in [0.4, 0.5) is 0 Å². The first kappa shape index (κ1) is 12.4. The standard InChI is InChI=1S/C10H15N3O3/c1-6(2)8(5-14)13-10(16)7-3-12-9(15)4-11-7/h3-4,6,8,14H,5H2,1-2H3,(H,12,15)(H,13,16)/t8-/m1/s1. The van der Waals surface area contributed by atoms with E-state index < -0.39 is 5.91 Å². The molecule has 0 radical (unpaired) electrons. The quantitative estimate of drug-likeness (QED) is 0.644. The van der Waals surface area contributed by atoms with Crippen molar-refractivity contribution in [1.82, 2.24) is 15.3 Å². The zero-order valence-corrected chi connectivity index (χ0v) is 9.23. The van der Waals surface area contributed by atoms with Crippen molar-refractivity contribution in [3.05, 3.63) is 28.4 Å². The fourth-order valence-electron chi connectivity index (χ4n) is 1.13. The summed E-state index contributed by atoms with van der Waals surface area (Å²) in [7, 11) is 0. The number of aliphatic hydroxyl groups is 1. The molecular weight excluding hydrogens is 210 g/mol. The SMILES string of the molecule is CC(C)[C@@H](CO)NC(=O)c1c[nH]c(=O)cn1. The summed E-state index contributed by atoms with van der Waals surface area (Å²) in [6.45, 7) is 3.65. The number of carbonyl (C=O) groups excluding carboxylic acids is 1. The monoisotopic (exact) mass is 225 g/mol. The highest BCUT2D eigenvalue weighted by molar-refractivity contribution is 5.92. The van der Waals surface area contributed by atoms with Gasteiger partial charge in [-0.1, -0.05) is 13.8 Å². The number of nitrogens with zero attached hydrogens (tertiary/aromatic N) is 1. The minimum Gasteiger partial charge on any atom is -0.394 e. The summed E-state index contributed by atoms with van der Waals surface area (Å²) in [4.78, 5) is 28.4. The average molecular weight is 225 g/mol. The van der Waals surface area contributed by atoms with Crippen molar-refractivity contribution in [2.24, 2.45) is 5.92 Å². The topological polar surface area (TPSA) is 95.1 Å². The van der Waals surface area contributed by atoms with Gasteiger partial charge in [0, 0.05) is 6.20 Å². The van der Waals surface area contributed by atoms with Gasteiger partial charge in [-0.05, 0) is 5.92 Å². The number of rotatable bonds is 4. The molecule has 6 nitrogen and oxygen atoms in total. The van der Waals surface area contributed by atoms with Crippen LogP contribution in [0.5, 0.6) is 0 Å². The highest BCUT2D eigenvalue weighted by Gasteiger charge is 2.16. The van der Waals surface area contributed by atoms with E-state index >= 15 is 0 Å². The van der Waals surface area contributed by atoms with Crippen molar-refractivity contribution in [2.45, 2.75) is 19.9 Å². The Morgan fingerprint density at radius 2 is 2.31 bits per heavy atom. The van der Waals surface area contributed by atoms with Gasteiger partial charge in [-0.25, -0.2) is 4.98 Å². The van der Waals surface area contributed by atoms with Gasteiger partial charge in [0.1, 0.15) is 5.69 Å². The zero-order chi connectivity index (χ0) is 12.1. The Kier molecular flexibility index (Phi) is 4.19. The Balaban J connectivity index is 2.71.